The summed E-state index contributed by atoms with van der Waals surface area (Å²) in [5.74, 6) is -0.462. The fourth-order valence-electron chi connectivity index (χ4n) is 2.95. The monoisotopic (exact) mass is 337 g/mol. The lowest BCUT2D eigenvalue weighted by molar-refractivity contribution is 0.0718. The standard InChI is InChI=1S/C15H16ClN3O4/c16-9-5-6-17-12-8(7-19(13(9)12)15(22)23)14(21)18-10-3-1-2-4-11(10)20/h5-7,10-11,20H,1-4H2,(H,18,21)(H,22,23)/t10-,11-/m0/s1. The van der Waals surface area contributed by atoms with Crippen molar-refractivity contribution < 1.29 is 19.8 Å². The Hall–Kier alpha value is -2.12. The molecule has 2 aromatic rings. The first kappa shape index (κ1) is 15.8. The second-order valence-corrected chi connectivity index (χ2v) is 6.02. The first-order valence-electron chi connectivity index (χ1n) is 7.37. The van der Waals surface area contributed by atoms with Gasteiger partial charge in [0.2, 0.25) is 0 Å². The van der Waals surface area contributed by atoms with Crippen molar-refractivity contribution in [3.05, 3.63) is 29.0 Å². The maximum Gasteiger partial charge on any atom is 0.416 e. The summed E-state index contributed by atoms with van der Waals surface area (Å²) in [5.41, 5.74) is 0.529. The topological polar surface area (TPSA) is 104 Å². The molecule has 1 aliphatic rings. The van der Waals surface area contributed by atoms with Gasteiger partial charge in [0.15, 0.2) is 0 Å². The van der Waals surface area contributed by atoms with E-state index in [0.29, 0.717) is 12.8 Å². The number of carboxylic acid groups (broad SMARTS) is 1. The van der Waals surface area contributed by atoms with E-state index in [4.69, 9.17) is 11.6 Å². The van der Waals surface area contributed by atoms with Gasteiger partial charge in [0.1, 0.15) is 5.52 Å². The van der Waals surface area contributed by atoms with Crippen molar-refractivity contribution in [2.75, 3.05) is 0 Å². The quantitative estimate of drug-likeness (QED) is 0.779. The SMILES string of the molecule is O=C(N[C@H]1CCCC[C@@H]1O)c1cn(C(=O)O)c2c(Cl)ccnc12. The molecule has 1 aliphatic carbocycles. The highest BCUT2D eigenvalue weighted by atomic mass is 35.5. The first-order chi connectivity index (χ1) is 11.0. The Labute approximate surface area is 136 Å². The number of carbonyl (C=O) groups excluding carboxylic acids is 1. The van der Waals surface area contributed by atoms with Crippen LogP contribution in [0.15, 0.2) is 18.5 Å². The van der Waals surface area contributed by atoms with Gasteiger partial charge in [-0.25, -0.2) is 9.36 Å². The molecule has 0 radical (unpaired) electrons. The molecule has 7 nitrogen and oxygen atoms in total. The normalized spacial score (nSPS) is 21.3. The molecule has 2 aromatic heterocycles. The van der Waals surface area contributed by atoms with Crippen LogP contribution in [0.3, 0.4) is 0 Å². The van der Waals surface area contributed by atoms with Crippen molar-refractivity contribution in [3.8, 4) is 0 Å². The molecule has 0 saturated heterocycles. The van der Waals surface area contributed by atoms with E-state index in [1.165, 1.54) is 18.5 Å². The molecule has 3 N–H and O–H groups in total. The third-order valence-electron chi connectivity index (χ3n) is 4.13. The number of pyridine rings is 1. The molecule has 0 bridgehead atoms. The zero-order chi connectivity index (χ0) is 16.6. The minimum Gasteiger partial charge on any atom is -0.464 e. The zero-order valence-electron chi connectivity index (χ0n) is 12.2. The Morgan fingerprint density at radius 1 is 1.35 bits per heavy atom. The Kier molecular flexibility index (Phi) is 4.23. The van der Waals surface area contributed by atoms with Gasteiger partial charge in [-0.15, -0.1) is 0 Å². The molecule has 122 valence electrons. The molecule has 1 amide bonds. The Bertz CT molecular complexity index is 773. The van der Waals surface area contributed by atoms with Crippen molar-refractivity contribution in [2.24, 2.45) is 0 Å². The molecule has 2 heterocycles. The lowest BCUT2D eigenvalue weighted by Gasteiger charge is -2.28. The molecule has 0 spiro atoms. The number of nitrogens with one attached hydrogen (secondary N) is 1. The van der Waals surface area contributed by atoms with Crippen molar-refractivity contribution >= 4 is 34.6 Å². The predicted octanol–water partition coefficient (Wildman–Crippen LogP) is 2.25. The van der Waals surface area contributed by atoms with Crippen LogP contribution in [0.1, 0.15) is 36.0 Å². The van der Waals surface area contributed by atoms with E-state index in [9.17, 15) is 19.8 Å². The van der Waals surface area contributed by atoms with Gasteiger partial charge in [0, 0.05) is 12.4 Å². The number of rotatable bonds is 2. The average molecular weight is 338 g/mol. The number of hydrogen-bond acceptors (Lipinski definition) is 4. The van der Waals surface area contributed by atoms with Crippen LogP contribution in [0.5, 0.6) is 0 Å². The van der Waals surface area contributed by atoms with E-state index in [-0.39, 0.29) is 27.7 Å². The number of nitrogens with zero attached hydrogens (tertiary/aromatic N) is 2. The number of aliphatic hydroxyl groups excluding tert-OH is 1. The maximum absolute atomic E-state index is 12.5. The first-order valence-corrected chi connectivity index (χ1v) is 7.74. The molecule has 1 saturated carbocycles. The number of carbonyl (C=O) groups is 2. The summed E-state index contributed by atoms with van der Waals surface area (Å²) >= 11 is 6.04. The molecular weight excluding hydrogens is 322 g/mol. The Balaban J connectivity index is 1.97. The van der Waals surface area contributed by atoms with Crippen molar-refractivity contribution in [1.82, 2.24) is 14.9 Å². The summed E-state index contributed by atoms with van der Waals surface area (Å²) in [4.78, 5) is 27.9. The van der Waals surface area contributed by atoms with Gasteiger partial charge < -0.3 is 15.5 Å². The number of hydrogen-bond donors (Lipinski definition) is 3. The molecular formula is C15H16ClN3O4. The number of amides is 1. The molecule has 1 fully saturated rings. The highest BCUT2D eigenvalue weighted by Gasteiger charge is 2.27. The number of fused-ring (bicyclic) bond motifs is 1. The summed E-state index contributed by atoms with van der Waals surface area (Å²) in [6.07, 6.45) is 3.99. The van der Waals surface area contributed by atoms with Crippen LogP contribution >= 0.6 is 11.6 Å². The van der Waals surface area contributed by atoms with Crippen LogP contribution < -0.4 is 5.32 Å². The lowest BCUT2D eigenvalue weighted by Crippen LogP contribution is -2.45. The van der Waals surface area contributed by atoms with Crippen molar-refractivity contribution in [3.63, 3.8) is 0 Å². The van der Waals surface area contributed by atoms with Crippen LogP contribution in [-0.2, 0) is 0 Å². The van der Waals surface area contributed by atoms with Gasteiger partial charge in [-0.2, -0.15) is 0 Å². The summed E-state index contributed by atoms with van der Waals surface area (Å²) in [6, 6.07) is 1.13. The van der Waals surface area contributed by atoms with Crippen LogP contribution in [0.25, 0.3) is 11.0 Å². The Morgan fingerprint density at radius 3 is 2.78 bits per heavy atom. The fourth-order valence-corrected chi connectivity index (χ4v) is 3.19. The molecule has 0 aromatic carbocycles. The van der Waals surface area contributed by atoms with Crippen LogP contribution in [0, 0.1) is 0 Å². The van der Waals surface area contributed by atoms with Gasteiger partial charge in [-0.3, -0.25) is 9.78 Å². The molecule has 3 rings (SSSR count). The van der Waals surface area contributed by atoms with Crippen LogP contribution in [0.4, 0.5) is 4.79 Å². The molecule has 23 heavy (non-hydrogen) atoms. The van der Waals surface area contributed by atoms with Crippen molar-refractivity contribution in [2.45, 2.75) is 37.8 Å². The van der Waals surface area contributed by atoms with E-state index < -0.39 is 18.1 Å². The fraction of sp³-hybridized carbons (Fsp3) is 0.400. The molecule has 0 unspecified atom stereocenters. The highest BCUT2D eigenvalue weighted by Crippen LogP contribution is 2.27. The summed E-state index contributed by atoms with van der Waals surface area (Å²) in [5, 5.41) is 22.2. The van der Waals surface area contributed by atoms with Crippen molar-refractivity contribution in [1.29, 1.82) is 0 Å². The zero-order valence-corrected chi connectivity index (χ0v) is 13.0. The third kappa shape index (κ3) is 2.89. The summed E-state index contributed by atoms with van der Waals surface area (Å²) < 4.78 is 0.886. The van der Waals surface area contributed by atoms with E-state index in [2.05, 4.69) is 10.3 Å². The second kappa shape index (κ2) is 6.17. The van der Waals surface area contributed by atoms with Gasteiger partial charge >= 0.3 is 6.09 Å². The Morgan fingerprint density at radius 2 is 2.09 bits per heavy atom. The van der Waals surface area contributed by atoms with E-state index in [1.54, 1.807) is 0 Å². The lowest BCUT2D eigenvalue weighted by atomic mass is 9.92. The smallest absolute Gasteiger partial charge is 0.416 e. The highest BCUT2D eigenvalue weighted by molar-refractivity contribution is 6.35. The number of aliphatic hydroxyl groups is 1. The predicted molar refractivity (Wildman–Crippen MR) is 83.9 cm³/mol. The largest absolute Gasteiger partial charge is 0.464 e. The maximum atomic E-state index is 12.5. The van der Waals surface area contributed by atoms with Crippen LogP contribution in [0.2, 0.25) is 5.02 Å². The third-order valence-corrected chi connectivity index (χ3v) is 4.43. The number of aromatic nitrogens is 2. The van der Waals surface area contributed by atoms with Gasteiger partial charge in [0.05, 0.1) is 28.2 Å². The molecule has 0 aliphatic heterocycles. The summed E-state index contributed by atoms with van der Waals surface area (Å²) in [6.45, 7) is 0. The molecule has 2 atom stereocenters. The minimum absolute atomic E-state index is 0.127. The van der Waals surface area contributed by atoms with E-state index in [0.717, 1.165) is 17.4 Å². The minimum atomic E-state index is -1.25. The second-order valence-electron chi connectivity index (χ2n) is 5.62. The van der Waals surface area contributed by atoms with Gasteiger partial charge in [-0.05, 0) is 18.9 Å². The number of halogens is 1. The van der Waals surface area contributed by atoms with E-state index in [1.807, 2.05) is 0 Å². The summed E-state index contributed by atoms with van der Waals surface area (Å²) in [7, 11) is 0. The van der Waals surface area contributed by atoms with Gasteiger partial charge in [-0.1, -0.05) is 24.4 Å². The molecule has 8 heteroatoms. The average Bonchev–Trinajstić information content (AvgIpc) is 2.91. The van der Waals surface area contributed by atoms with Gasteiger partial charge in [0.25, 0.3) is 5.91 Å². The van der Waals surface area contributed by atoms with Crippen LogP contribution in [-0.4, -0.2) is 43.9 Å². The van der Waals surface area contributed by atoms with E-state index >= 15 is 0 Å².